The molecule has 0 spiro atoms. The molecule has 1 aromatic carbocycles. The molecule has 0 fully saturated rings. The summed E-state index contributed by atoms with van der Waals surface area (Å²) in [4.78, 5) is 11.0. The molecule has 3 nitrogen and oxygen atoms in total. The highest BCUT2D eigenvalue weighted by Gasteiger charge is 2.18. The van der Waals surface area contributed by atoms with Crippen LogP contribution in [-0.2, 0) is 11.3 Å². The number of carbonyl (C=O) groups is 1. The summed E-state index contributed by atoms with van der Waals surface area (Å²) in [7, 11) is 0. The van der Waals surface area contributed by atoms with Crippen LogP contribution in [-0.4, -0.2) is 17.1 Å². The molecule has 0 amide bonds. The van der Waals surface area contributed by atoms with Crippen LogP contribution in [0.4, 0.5) is 4.39 Å². The van der Waals surface area contributed by atoms with Gasteiger partial charge in [0.15, 0.2) is 0 Å². The molecule has 1 rings (SSSR count). The predicted octanol–water partition coefficient (Wildman–Crippen LogP) is 3.07. The van der Waals surface area contributed by atoms with E-state index in [-0.39, 0.29) is 18.3 Å². The lowest BCUT2D eigenvalue weighted by Gasteiger charge is -2.16. The number of halogens is 2. The Bertz CT molecular complexity index is 423. The molecule has 0 aliphatic heterocycles. The summed E-state index contributed by atoms with van der Waals surface area (Å²) >= 11 is 5.77. The maximum absolute atomic E-state index is 13.4. The molecule has 0 saturated heterocycles. The van der Waals surface area contributed by atoms with Crippen LogP contribution in [0.25, 0.3) is 0 Å². The first-order valence-electron chi connectivity index (χ1n) is 5.80. The maximum Gasteiger partial charge on any atom is 0.320 e. The van der Waals surface area contributed by atoms with Gasteiger partial charge < -0.3 is 10.4 Å². The van der Waals surface area contributed by atoms with E-state index in [9.17, 15) is 9.18 Å². The molecule has 5 heteroatoms. The van der Waals surface area contributed by atoms with E-state index < -0.39 is 12.0 Å². The molecule has 2 N–H and O–H groups in total. The molecule has 0 aliphatic carbocycles. The summed E-state index contributed by atoms with van der Waals surface area (Å²) in [5.74, 6) is -1.06. The molecule has 0 saturated carbocycles. The quantitative estimate of drug-likeness (QED) is 0.837. The van der Waals surface area contributed by atoms with E-state index in [1.807, 2.05) is 13.8 Å². The second-order valence-corrected chi connectivity index (χ2v) is 5.07. The molecule has 0 aromatic heterocycles. The molecule has 1 atom stereocenters. The van der Waals surface area contributed by atoms with E-state index in [2.05, 4.69) is 5.32 Å². The Morgan fingerprint density at radius 1 is 1.50 bits per heavy atom. The van der Waals surface area contributed by atoms with Crippen LogP contribution < -0.4 is 5.32 Å². The Labute approximate surface area is 111 Å². The first-order valence-corrected chi connectivity index (χ1v) is 6.18. The van der Waals surface area contributed by atoms with Gasteiger partial charge in [0.2, 0.25) is 0 Å². The maximum atomic E-state index is 13.4. The van der Waals surface area contributed by atoms with Gasteiger partial charge in [-0.25, -0.2) is 4.39 Å². The lowest BCUT2D eigenvalue weighted by molar-refractivity contribution is -0.140. The fourth-order valence-electron chi connectivity index (χ4n) is 1.65. The third-order valence-corrected chi connectivity index (χ3v) is 2.79. The van der Waals surface area contributed by atoms with Crippen LogP contribution in [0.2, 0.25) is 5.02 Å². The number of nitrogens with one attached hydrogen (secondary N) is 1. The van der Waals surface area contributed by atoms with E-state index in [1.165, 1.54) is 18.2 Å². The lowest BCUT2D eigenvalue weighted by Crippen LogP contribution is -2.37. The van der Waals surface area contributed by atoms with E-state index >= 15 is 0 Å². The van der Waals surface area contributed by atoms with Gasteiger partial charge in [-0.2, -0.15) is 0 Å². The van der Waals surface area contributed by atoms with Crippen LogP contribution in [0, 0.1) is 11.7 Å². The summed E-state index contributed by atoms with van der Waals surface area (Å²) in [6.07, 6.45) is 0.498. The van der Waals surface area contributed by atoms with Crippen molar-refractivity contribution in [3.8, 4) is 0 Å². The first-order chi connectivity index (χ1) is 8.40. The lowest BCUT2D eigenvalue weighted by atomic mass is 10.0. The van der Waals surface area contributed by atoms with Gasteiger partial charge in [0.1, 0.15) is 11.9 Å². The summed E-state index contributed by atoms with van der Waals surface area (Å²) in [5.41, 5.74) is 0.373. The number of benzene rings is 1. The molecule has 0 radical (unpaired) electrons. The number of rotatable bonds is 6. The largest absolute Gasteiger partial charge is 0.480 e. The summed E-state index contributed by atoms with van der Waals surface area (Å²) in [5, 5.41) is 12.3. The number of hydrogen-bond donors (Lipinski definition) is 2. The monoisotopic (exact) mass is 273 g/mol. The Hall–Kier alpha value is -1.13. The molecule has 18 heavy (non-hydrogen) atoms. The summed E-state index contributed by atoms with van der Waals surface area (Å²) in [6, 6.07) is 3.56. The fraction of sp³-hybridized carbons (Fsp3) is 0.462. The van der Waals surface area contributed by atoms with Crippen LogP contribution in [0.15, 0.2) is 18.2 Å². The van der Waals surface area contributed by atoms with Crippen molar-refractivity contribution in [3.63, 3.8) is 0 Å². The highest BCUT2D eigenvalue weighted by Crippen LogP contribution is 2.15. The van der Waals surface area contributed by atoms with E-state index in [4.69, 9.17) is 16.7 Å². The van der Waals surface area contributed by atoms with Crippen molar-refractivity contribution in [2.24, 2.45) is 5.92 Å². The molecule has 0 bridgehead atoms. The number of aliphatic carboxylic acids is 1. The Balaban J connectivity index is 2.66. The molecule has 0 heterocycles. The third-order valence-electron chi connectivity index (χ3n) is 2.55. The minimum atomic E-state index is -0.925. The number of carboxylic acids is 1. The van der Waals surface area contributed by atoms with Crippen molar-refractivity contribution in [2.75, 3.05) is 0 Å². The highest BCUT2D eigenvalue weighted by molar-refractivity contribution is 6.30. The van der Waals surface area contributed by atoms with Gasteiger partial charge in [0.25, 0.3) is 0 Å². The zero-order valence-electron chi connectivity index (χ0n) is 10.4. The van der Waals surface area contributed by atoms with E-state index in [1.54, 1.807) is 0 Å². The zero-order chi connectivity index (χ0) is 13.7. The van der Waals surface area contributed by atoms with Gasteiger partial charge in [-0.05, 0) is 30.5 Å². The Kier molecular flexibility index (Phi) is 5.56. The zero-order valence-corrected chi connectivity index (χ0v) is 11.2. The molecule has 100 valence electrons. The minimum Gasteiger partial charge on any atom is -0.480 e. The Morgan fingerprint density at radius 3 is 2.72 bits per heavy atom. The van der Waals surface area contributed by atoms with Crippen molar-refractivity contribution in [1.82, 2.24) is 5.32 Å². The van der Waals surface area contributed by atoms with Crippen LogP contribution in [0.1, 0.15) is 25.8 Å². The number of carboxylic acid groups (broad SMARTS) is 1. The highest BCUT2D eigenvalue weighted by atomic mass is 35.5. The minimum absolute atomic E-state index is 0.149. The number of hydrogen-bond acceptors (Lipinski definition) is 2. The third kappa shape index (κ3) is 4.63. The first kappa shape index (κ1) is 14.9. The van der Waals surface area contributed by atoms with Gasteiger partial charge in [0, 0.05) is 17.1 Å². The summed E-state index contributed by atoms with van der Waals surface area (Å²) < 4.78 is 13.4. The van der Waals surface area contributed by atoms with Gasteiger partial charge in [0.05, 0.1) is 0 Å². The van der Waals surface area contributed by atoms with E-state index in [0.717, 1.165) is 0 Å². The SMILES string of the molecule is CC(C)C[C@H](NCc1cc(Cl)ccc1F)C(=O)O. The molecule has 0 aliphatic rings. The van der Waals surface area contributed by atoms with Gasteiger partial charge in [-0.1, -0.05) is 25.4 Å². The van der Waals surface area contributed by atoms with Crippen molar-refractivity contribution in [1.29, 1.82) is 0 Å². The standard InChI is InChI=1S/C13H17ClFNO2/c1-8(2)5-12(13(17)18)16-7-9-6-10(14)3-4-11(9)15/h3-4,6,8,12,16H,5,7H2,1-2H3,(H,17,18)/t12-/m0/s1. The average Bonchev–Trinajstić information content (AvgIpc) is 2.27. The molecular formula is C13H17ClFNO2. The van der Waals surface area contributed by atoms with Crippen molar-refractivity contribution in [2.45, 2.75) is 32.9 Å². The van der Waals surface area contributed by atoms with Gasteiger partial charge in [-0.3, -0.25) is 4.79 Å². The normalized spacial score (nSPS) is 12.7. The van der Waals surface area contributed by atoms with Crippen molar-refractivity contribution in [3.05, 3.63) is 34.6 Å². The van der Waals surface area contributed by atoms with Crippen LogP contribution in [0.3, 0.4) is 0 Å². The molecular weight excluding hydrogens is 257 g/mol. The van der Waals surface area contributed by atoms with Gasteiger partial charge >= 0.3 is 5.97 Å². The van der Waals surface area contributed by atoms with Crippen LogP contribution >= 0.6 is 11.6 Å². The Morgan fingerprint density at radius 2 is 2.17 bits per heavy atom. The predicted molar refractivity (Wildman–Crippen MR) is 69.1 cm³/mol. The fourth-order valence-corrected chi connectivity index (χ4v) is 1.85. The van der Waals surface area contributed by atoms with Crippen molar-refractivity contribution < 1.29 is 14.3 Å². The topological polar surface area (TPSA) is 49.3 Å². The molecule has 1 aromatic rings. The average molecular weight is 274 g/mol. The van der Waals surface area contributed by atoms with Gasteiger partial charge in [-0.15, -0.1) is 0 Å². The second-order valence-electron chi connectivity index (χ2n) is 4.64. The smallest absolute Gasteiger partial charge is 0.320 e. The summed E-state index contributed by atoms with van der Waals surface area (Å²) in [6.45, 7) is 4.03. The van der Waals surface area contributed by atoms with Crippen molar-refractivity contribution >= 4 is 17.6 Å². The molecule has 0 unspecified atom stereocenters. The van der Waals surface area contributed by atoms with E-state index in [0.29, 0.717) is 17.0 Å². The second kappa shape index (κ2) is 6.71. The van der Waals surface area contributed by atoms with Crippen LogP contribution in [0.5, 0.6) is 0 Å².